The molecule has 15 heteroatoms. The molecule has 0 bridgehead atoms. The molecule has 6 rings (SSSR count). The van der Waals surface area contributed by atoms with Crippen LogP contribution in [0.1, 0.15) is 38.7 Å². The van der Waals surface area contributed by atoms with E-state index in [0.717, 1.165) is 8.99 Å². The Hall–Kier alpha value is -4.37. The van der Waals surface area contributed by atoms with Crippen LogP contribution in [0.2, 0.25) is 0 Å². The summed E-state index contributed by atoms with van der Waals surface area (Å²) >= 11 is 0. The van der Waals surface area contributed by atoms with Gasteiger partial charge in [-0.3, -0.25) is 9.89 Å². The number of nitrogens with zero attached hydrogens (tertiary/aromatic N) is 5. The zero-order valence-electron chi connectivity index (χ0n) is 22.7. The molecule has 0 atom stereocenters. The van der Waals surface area contributed by atoms with Crippen LogP contribution in [-0.4, -0.2) is 59.0 Å². The molecule has 4 aromatic rings. The molecule has 220 valence electrons. The number of H-pyrrole nitrogens is 1. The maximum absolute atomic E-state index is 14.2. The molecule has 1 N–H and O–H groups in total. The molecule has 0 unspecified atom stereocenters. The highest BCUT2D eigenvalue weighted by atomic mass is 32.2. The third kappa shape index (κ3) is 4.58. The number of aromatic amines is 1. The number of alkyl halides is 3. The molecule has 0 saturated heterocycles. The number of nitrogens with one attached hydrogen (secondary N) is 1. The lowest BCUT2D eigenvalue weighted by atomic mass is 10.1. The number of benzene rings is 2. The van der Waals surface area contributed by atoms with Crippen molar-refractivity contribution in [2.24, 2.45) is 0 Å². The zero-order chi connectivity index (χ0) is 30.0. The number of hydrogen-bond donors (Lipinski definition) is 1. The first kappa shape index (κ1) is 27.8. The third-order valence-electron chi connectivity index (χ3n) is 7.33. The Morgan fingerprint density at radius 2 is 1.86 bits per heavy atom. The van der Waals surface area contributed by atoms with Crippen LogP contribution in [0.3, 0.4) is 0 Å². The maximum atomic E-state index is 14.2. The lowest BCUT2D eigenvalue weighted by molar-refractivity contribution is -0.142. The van der Waals surface area contributed by atoms with Crippen molar-refractivity contribution < 1.29 is 35.9 Å². The number of aromatic nitrogens is 4. The second kappa shape index (κ2) is 9.87. The molecule has 2 aromatic carbocycles. The van der Waals surface area contributed by atoms with E-state index in [9.17, 15) is 26.4 Å². The number of sulfonamides is 1. The van der Waals surface area contributed by atoms with E-state index in [1.54, 1.807) is 50.4 Å². The Bertz CT molecular complexity index is 1810. The van der Waals surface area contributed by atoms with Crippen LogP contribution < -0.4 is 14.4 Å². The molecule has 2 aliphatic rings. The van der Waals surface area contributed by atoms with Crippen LogP contribution in [0.4, 0.5) is 18.9 Å². The molecule has 0 saturated carbocycles. The van der Waals surface area contributed by atoms with E-state index in [0.29, 0.717) is 22.9 Å². The van der Waals surface area contributed by atoms with Gasteiger partial charge in [0.1, 0.15) is 4.90 Å². The van der Waals surface area contributed by atoms with Gasteiger partial charge in [-0.05, 0) is 44.2 Å². The predicted molar refractivity (Wildman–Crippen MR) is 143 cm³/mol. The van der Waals surface area contributed by atoms with Crippen molar-refractivity contribution in [2.75, 3.05) is 25.3 Å². The highest BCUT2D eigenvalue weighted by molar-refractivity contribution is 7.89. The lowest BCUT2D eigenvalue weighted by Gasteiger charge is -2.27. The highest BCUT2D eigenvalue weighted by Crippen LogP contribution is 2.38. The number of anilines is 1. The number of carbonyl (C=O) groups is 1. The van der Waals surface area contributed by atoms with E-state index in [1.165, 1.54) is 17.9 Å². The first-order chi connectivity index (χ1) is 19.9. The van der Waals surface area contributed by atoms with Crippen molar-refractivity contribution in [3.8, 4) is 17.2 Å². The van der Waals surface area contributed by atoms with Gasteiger partial charge in [-0.2, -0.15) is 27.7 Å². The fraction of sp³-hybridized carbons (Fsp3) is 0.296. The normalized spacial score (nSPS) is 15.1. The van der Waals surface area contributed by atoms with Gasteiger partial charge >= 0.3 is 6.18 Å². The Morgan fingerprint density at radius 1 is 1.10 bits per heavy atom. The van der Waals surface area contributed by atoms with Crippen LogP contribution in [-0.2, 0) is 29.2 Å². The molecule has 0 radical (unpaired) electrons. The number of hydrogen-bond acceptors (Lipinski definition) is 7. The minimum atomic E-state index is -4.84. The molecule has 0 spiro atoms. The summed E-state index contributed by atoms with van der Waals surface area (Å²) in [5, 5.41) is 10.4. The molecule has 2 aromatic heterocycles. The molecule has 4 heterocycles. The topological polar surface area (TPSA) is 123 Å². The first-order valence-corrected chi connectivity index (χ1v) is 14.3. The van der Waals surface area contributed by atoms with Crippen molar-refractivity contribution in [2.45, 2.75) is 37.9 Å². The average Bonchev–Trinajstić information content (AvgIpc) is 3.68. The number of ether oxygens (including phenoxy) is 2. The SMILES string of the molecule is Cc1n[nH]c(C)c1S(=O)(=O)N1CCc2c(c(C(F)(F)F)nn2-c2cccc(C(=O)N(C)c3ccc4c(c3)OCO4)c2)C1. The Labute approximate surface area is 238 Å². The minimum Gasteiger partial charge on any atom is -0.454 e. The van der Waals surface area contributed by atoms with Crippen LogP contribution in [0.15, 0.2) is 47.4 Å². The first-order valence-electron chi connectivity index (χ1n) is 12.8. The molecular formula is C27H25F3N6O5S. The van der Waals surface area contributed by atoms with E-state index in [1.807, 2.05) is 0 Å². The van der Waals surface area contributed by atoms with E-state index in [-0.39, 0.29) is 52.9 Å². The zero-order valence-corrected chi connectivity index (χ0v) is 23.5. The van der Waals surface area contributed by atoms with Gasteiger partial charge in [0.25, 0.3) is 5.91 Å². The fourth-order valence-corrected chi connectivity index (χ4v) is 7.01. The summed E-state index contributed by atoms with van der Waals surface area (Å²) in [6.45, 7) is 2.57. The monoisotopic (exact) mass is 602 g/mol. The third-order valence-corrected chi connectivity index (χ3v) is 9.44. The second-order valence-corrected chi connectivity index (χ2v) is 11.9. The van der Waals surface area contributed by atoms with Crippen LogP contribution in [0.5, 0.6) is 11.5 Å². The van der Waals surface area contributed by atoms with Crippen LogP contribution in [0, 0.1) is 13.8 Å². The van der Waals surface area contributed by atoms with Gasteiger partial charge in [-0.15, -0.1) is 0 Å². The van der Waals surface area contributed by atoms with Gasteiger partial charge in [0, 0.05) is 49.4 Å². The van der Waals surface area contributed by atoms with Crippen molar-refractivity contribution >= 4 is 21.6 Å². The molecule has 2 aliphatic heterocycles. The summed E-state index contributed by atoms with van der Waals surface area (Å²) in [6, 6.07) is 11.2. The van der Waals surface area contributed by atoms with Crippen LogP contribution in [0.25, 0.3) is 5.69 Å². The highest BCUT2D eigenvalue weighted by Gasteiger charge is 2.43. The van der Waals surface area contributed by atoms with E-state index >= 15 is 0 Å². The number of halogens is 3. The Kier molecular flexibility index (Phi) is 6.53. The summed E-state index contributed by atoms with van der Waals surface area (Å²) in [6.07, 6.45) is -4.86. The quantitative estimate of drug-likeness (QED) is 0.367. The fourth-order valence-electron chi connectivity index (χ4n) is 5.27. The summed E-state index contributed by atoms with van der Waals surface area (Å²) in [5.41, 5.74) is 0.353. The number of aryl methyl sites for hydroxylation is 2. The Morgan fingerprint density at radius 3 is 2.57 bits per heavy atom. The minimum absolute atomic E-state index is 0.0249. The lowest BCUT2D eigenvalue weighted by Crippen LogP contribution is -2.37. The van der Waals surface area contributed by atoms with Gasteiger partial charge < -0.3 is 14.4 Å². The summed E-state index contributed by atoms with van der Waals surface area (Å²) in [5.74, 6) is 0.653. The number of amides is 1. The van der Waals surface area contributed by atoms with Crippen molar-refractivity contribution in [1.82, 2.24) is 24.3 Å². The number of carbonyl (C=O) groups excluding carboxylic acids is 1. The summed E-state index contributed by atoms with van der Waals surface area (Å²) < 4.78 is 82.2. The van der Waals surface area contributed by atoms with Crippen molar-refractivity contribution in [3.63, 3.8) is 0 Å². The van der Waals surface area contributed by atoms with Gasteiger partial charge in [0.05, 0.1) is 22.8 Å². The standard InChI is InChI=1S/C27H25F3N6O5S/c1-15-24(16(2)32-31-15)42(38,39)35-10-9-21-20(13-35)25(27(28,29)30)33-36(21)19-6-4-5-17(11-19)26(37)34(3)18-7-8-22-23(12-18)41-14-40-22/h4-8,11-12H,9-10,13-14H2,1-3H3,(H,31,32). The molecule has 1 amide bonds. The smallest absolute Gasteiger partial charge is 0.435 e. The molecule has 0 fully saturated rings. The van der Waals surface area contributed by atoms with Gasteiger partial charge in [-0.25, -0.2) is 13.1 Å². The molecular weight excluding hydrogens is 577 g/mol. The number of fused-ring (bicyclic) bond motifs is 2. The van der Waals surface area contributed by atoms with Gasteiger partial charge in [-0.1, -0.05) is 6.07 Å². The largest absolute Gasteiger partial charge is 0.454 e. The molecule has 42 heavy (non-hydrogen) atoms. The van der Waals surface area contributed by atoms with Crippen molar-refractivity contribution in [1.29, 1.82) is 0 Å². The van der Waals surface area contributed by atoms with Gasteiger partial charge in [0.2, 0.25) is 16.8 Å². The average molecular weight is 603 g/mol. The second-order valence-electron chi connectivity index (χ2n) is 9.99. The predicted octanol–water partition coefficient (Wildman–Crippen LogP) is 3.98. The van der Waals surface area contributed by atoms with Crippen molar-refractivity contribution in [3.05, 3.63) is 76.4 Å². The molecule has 0 aliphatic carbocycles. The van der Waals surface area contributed by atoms with Gasteiger partial charge in [0.15, 0.2) is 17.2 Å². The maximum Gasteiger partial charge on any atom is 0.435 e. The summed E-state index contributed by atoms with van der Waals surface area (Å²) in [4.78, 5) is 14.7. The van der Waals surface area contributed by atoms with E-state index < -0.39 is 34.3 Å². The number of rotatable bonds is 5. The van der Waals surface area contributed by atoms with E-state index in [2.05, 4.69) is 15.3 Å². The molecule has 11 nitrogen and oxygen atoms in total. The van der Waals surface area contributed by atoms with Crippen LogP contribution >= 0.6 is 0 Å². The summed E-state index contributed by atoms with van der Waals surface area (Å²) in [7, 11) is -2.56. The van der Waals surface area contributed by atoms with E-state index in [4.69, 9.17) is 9.47 Å². The Balaban J connectivity index is 1.34.